The van der Waals surface area contributed by atoms with E-state index >= 15 is 0 Å². The second-order valence-corrected chi connectivity index (χ2v) is 5.42. The van der Waals surface area contributed by atoms with Crippen LogP contribution in [0.25, 0.3) is 0 Å². The number of hydrogen-bond donors (Lipinski definition) is 1. The van der Waals surface area contributed by atoms with Crippen LogP contribution in [-0.2, 0) is 30.5 Å². The fourth-order valence-corrected chi connectivity index (χ4v) is 2.59. The lowest BCUT2D eigenvalue weighted by Gasteiger charge is -2.14. The van der Waals surface area contributed by atoms with E-state index in [0.717, 1.165) is 42.2 Å². The van der Waals surface area contributed by atoms with Crippen LogP contribution in [0.2, 0.25) is 0 Å². The number of nitrogens with one attached hydrogen (secondary N) is 1. The fraction of sp³-hybridized carbons (Fsp3) is 0.538. The molecule has 0 bridgehead atoms. The van der Waals surface area contributed by atoms with Gasteiger partial charge in [0.15, 0.2) is 11.5 Å². The SMILES string of the molecule is C[C@H](NC(=O)Cn1ccc(C(F)(F)F)n1)c1nnc2n1CCC2. The van der Waals surface area contributed by atoms with Gasteiger partial charge in [0.1, 0.15) is 12.4 Å². The van der Waals surface area contributed by atoms with Crippen LogP contribution in [0.1, 0.15) is 36.7 Å². The molecule has 0 saturated heterocycles. The number of carbonyl (C=O) groups excluding carboxylic acids is 1. The van der Waals surface area contributed by atoms with Gasteiger partial charge >= 0.3 is 6.18 Å². The number of halogens is 3. The van der Waals surface area contributed by atoms with E-state index in [1.165, 1.54) is 0 Å². The first-order valence-corrected chi connectivity index (χ1v) is 7.16. The summed E-state index contributed by atoms with van der Waals surface area (Å²) in [6.07, 6.45) is -1.54. The number of aryl methyl sites for hydroxylation is 1. The lowest BCUT2D eigenvalue weighted by atomic mass is 10.3. The maximum absolute atomic E-state index is 12.5. The van der Waals surface area contributed by atoms with E-state index in [4.69, 9.17) is 0 Å². The van der Waals surface area contributed by atoms with Crippen molar-refractivity contribution in [2.24, 2.45) is 0 Å². The van der Waals surface area contributed by atoms with Crippen LogP contribution in [0.3, 0.4) is 0 Å². The number of carbonyl (C=O) groups is 1. The molecule has 10 heteroatoms. The highest BCUT2D eigenvalue weighted by Crippen LogP contribution is 2.27. The van der Waals surface area contributed by atoms with Crippen LogP contribution in [0.15, 0.2) is 12.3 Å². The second kappa shape index (κ2) is 5.67. The third-order valence-corrected chi connectivity index (χ3v) is 3.64. The van der Waals surface area contributed by atoms with E-state index < -0.39 is 17.8 Å². The fourth-order valence-electron chi connectivity index (χ4n) is 2.59. The summed E-state index contributed by atoms with van der Waals surface area (Å²) in [6, 6.07) is 0.460. The van der Waals surface area contributed by atoms with Crippen molar-refractivity contribution in [3.63, 3.8) is 0 Å². The van der Waals surface area contributed by atoms with Gasteiger partial charge in [0.2, 0.25) is 5.91 Å². The van der Waals surface area contributed by atoms with Gasteiger partial charge in [-0.05, 0) is 19.4 Å². The van der Waals surface area contributed by atoms with E-state index in [-0.39, 0.29) is 12.6 Å². The van der Waals surface area contributed by atoms with E-state index in [9.17, 15) is 18.0 Å². The standard InChI is InChI=1S/C13H15F3N6O/c1-8(12-19-18-10-3-2-5-22(10)12)17-11(23)7-21-6-4-9(20-21)13(14,15)16/h4,6,8H,2-3,5,7H2,1H3,(H,17,23)/t8-/m0/s1. The number of fused-ring (bicyclic) bond motifs is 1. The summed E-state index contributed by atoms with van der Waals surface area (Å²) in [7, 11) is 0. The van der Waals surface area contributed by atoms with Crippen molar-refractivity contribution < 1.29 is 18.0 Å². The maximum Gasteiger partial charge on any atom is 0.435 e. The molecule has 0 aliphatic carbocycles. The van der Waals surface area contributed by atoms with Crippen molar-refractivity contribution in [1.82, 2.24) is 29.9 Å². The molecule has 0 unspecified atom stereocenters. The molecule has 0 radical (unpaired) electrons. The Balaban J connectivity index is 1.62. The van der Waals surface area contributed by atoms with Gasteiger partial charge in [-0.25, -0.2) is 0 Å². The molecule has 1 aliphatic rings. The minimum Gasteiger partial charge on any atom is -0.345 e. The molecule has 3 heterocycles. The average molecular weight is 328 g/mol. The van der Waals surface area contributed by atoms with Crippen molar-refractivity contribution in [2.75, 3.05) is 0 Å². The topological polar surface area (TPSA) is 77.6 Å². The normalized spacial score (nSPS) is 15.5. The Morgan fingerprint density at radius 1 is 1.43 bits per heavy atom. The summed E-state index contributed by atoms with van der Waals surface area (Å²) in [4.78, 5) is 12.0. The Hall–Kier alpha value is -2.39. The molecule has 0 spiro atoms. The highest BCUT2D eigenvalue weighted by atomic mass is 19.4. The lowest BCUT2D eigenvalue weighted by Crippen LogP contribution is -2.31. The van der Waals surface area contributed by atoms with Gasteiger partial charge in [0.25, 0.3) is 0 Å². The molecule has 3 rings (SSSR count). The van der Waals surface area contributed by atoms with Crippen LogP contribution in [0, 0.1) is 0 Å². The molecule has 2 aromatic heterocycles. The molecule has 124 valence electrons. The van der Waals surface area contributed by atoms with Crippen LogP contribution in [-0.4, -0.2) is 30.5 Å². The number of rotatable bonds is 4. The van der Waals surface area contributed by atoms with Gasteiger partial charge in [-0.1, -0.05) is 0 Å². The molecule has 2 aromatic rings. The first-order chi connectivity index (χ1) is 10.8. The highest BCUT2D eigenvalue weighted by molar-refractivity contribution is 5.76. The molecule has 0 aromatic carbocycles. The third-order valence-electron chi connectivity index (χ3n) is 3.64. The van der Waals surface area contributed by atoms with Crippen LogP contribution >= 0.6 is 0 Å². The summed E-state index contributed by atoms with van der Waals surface area (Å²) in [5.41, 5.74) is -1.02. The van der Waals surface area contributed by atoms with Crippen molar-refractivity contribution in [3.05, 3.63) is 29.6 Å². The predicted octanol–water partition coefficient (Wildman–Crippen LogP) is 1.32. The number of hydrogen-bond acceptors (Lipinski definition) is 4. The van der Waals surface area contributed by atoms with Crippen molar-refractivity contribution in [3.8, 4) is 0 Å². The summed E-state index contributed by atoms with van der Waals surface area (Å²) in [5, 5.41) is 14.2. The van der Waals surface area contributed by atoms with Crippen molar-refractivity contribution >= 4 is 5.91 Å². The molecule has 23 heavy (non-hydrogen) atoms. The summed E-state index contributed by atoms with van der Waals surface area (Å²) < 4.78 is 40.3. The average Bonchev–Trinajstić information content (AvgIpc) is 3.12. The first-order valence-electron chi connectivity index (χ1n) is 7.16. The van der Waals surface area contributed by atoms with Crippen molar-refractivity contribution in [1.29, 1.82) is 0 Å². The second-order valence-electron chi connectivity index (χ2n) is 5.42. The molecule has 1 atom stereocenters. The van der Waals surface area contributed by atoms with Gasteiger partial charge < -0.3 is 9.88 Å². The summed E-state index contributed by atoms with van der Waals surface area (Å²) >= 11 is 0. The molecule has 0 fully saturated rings. The molecule has 1 amide bonds. The Labute approximate surface area is 129 Å². The molecule has 1 N–H and O–H groups in total. The number of alkyl halides is 3. The Morgan fingerprint density at radius 2 is 2.22 bits per heavy atom. The monoisotopic (exact) mass is 328 g/mol. The zero-order valence-corrected chi connectivity index (χ0v) is 12.3. The largest absolute Gasteiger partial charge is 0.435 e. The van der Waals surface area contributed by atoms with Gasteiger partial charge in [-0.2, -0.15) is 18.3 Å². The Bertz CT molecular complexity index is 720. The quantitative estimate of drug-likeness (QED) is 0.918. The molecule has 0 saturated carbocycles. The van der Waals surface area contributed by atoms with Gasteiger partial charge in [0, 0.05) is 19.2 Å². The summed E-state index contributed by atoms with van der Waals surface area (Å²) in [5.74, 6) is 1.11. The van der Waals surface area contributed by atoms with Crippen LogP contribution < -0.4 is 5.32 Å². The van der Waals surface area contributed by atoms with Crippen molar-refractivity contribution in [2.45, 2.75) is 45.1 Å². The van der Waals surface area contributed by atoms with Gasteiger partial charge in [-0.15, -0.1) is 10.2 Å². The number of nitrogens with zero attached hydrogens (tertiary/aromatic N) is 5. The minimum absolute atomic E-state index is 0.290. The predicted molar refractivity (Wildman–Crippen MR) is 72.1 cm³/mol. The van der Waals surface area contributed by atoms with Crippen LogP contribution in [0.4, 0.5) is 13.2 Å². The zero-order chi connectivity index (χ0) is 16.6. The first kappa shape index (κ1) is 15.5. The molecule has 1 aliphatic heterocycles. The van der Waals surface area contributed by atoms with Gasteiger partial charge in [-0.3, -0.25) is 9.48 Å². The maximum atomic E-state index is 12.5. The molecular weight excluding hydrogens is 313 g/mol. The van der Waals surface area contributed by atoms with Gasteiger partial charge in [0.05, 0.1) is 6.04 Å². The van der Waals surface area contributed by atoms with E-state index in [1.807, 2.05) is 4.57 Å². The van der Waals surface area contributed by atoms with E-state index in [2.05, 4.69) is 20.6 Å². The Morgan fingerprint density at radius 3 is 2.91 bits per heavy atom. The Kier molecular flexibility index (Phi) is 3.82. The van der Waals surface area contributed by atoms with Crippen LogP contribution in [0.5, 0.6) is 0 Å². The number of aromatic nitrogens is 5. The van der Waals surface area contributed by atoms with E-state index in [1.54, 1.807) is 6.92 Å². The summed E-state index contributed by atoms with van der Waals surface area (Å²) in [6.45, 7) is 2.28. The number of amides is 1. The minimum atomic E-state index is -4.52. The third kappa shape index (κ3) is 3.20. The van der Waals surface area contributed by atoms with E-state index in [0.29, 0.717) is 5.82 Å². The lowest BCUT2D eigenvalue weighted by molar-refractivity contribution is -0.141. The smallest absolute Gasteiger partial charge is 0.345 e. The molecule has 7 nitrogen and oxygen atoms in total. The highest BCUT2D eigenvalue weighted by Gasteiger charge is 2.33. The zero-order valence-electron chi connectivity index (χ0n) is 12.3. The molecular formula is C13H15F3N6O.